The smallest absolute Gasteiger partial charge is 0.274 e. The maximum absolute atomic E-state index is 12.2. The minimum atomic E-state index is -4.13. The van der Waals surface area contributed by atoms with E-state index in [4.69, 9.17) is 19.4 Å². The van der Waals surface area contributed by atoms with Crippen molar-refractivity contribution < 1.29 is 32.0 Å². The molecule has 166 valence electrons. The number of imidazole rings is 1. The van der Waals surface area contributed by atoms with Crippen LogP contribution in [0.3, 0.4) is 0 Å². The predicted octanol–water partition coefficient (Wildman–Crippen LogP) is 0.196. The highest BCUT2D eigenvalue weighted by atomic mass is 32.2. The van der Waals surface area contributed by atoms with E-state index in [1.807, 2.05) is 13.8 Å². The molecule has 0 aliphatic carbocycles. The maximum Gasteiger partial charge on any atom is 0.274 e. The van der Waals surface area contributed by atoms with Gasteiger partial charge in [0.2, 0.25) is 6.29 Å². The van der Waals surface area contributed by atoms with Gasteiger partial charge < -0.3 is 20.3 Å². The fourth-order valence-corrected chi connectivity index (χ4v) is 4.01. The van der Waals surface area contributed by atoms with Crippen LogP contribution in [-0.2, 0) is 28.6 Å². The first kappa shape index (κ1) is 22.5. The van der Waals surface area contributed by atoms with Crippen LogP contribution in [0.15, 0.2) is 12.7 Å². The molecule has 5 atom stereocenters. The van der Waals surface area contributed by atoms with Crippen LogP contribution in [0.2, 0.25) is 0 Å². The molecule has 2 aromatic heterocycles. The van der Waals surface area contributed by atoms with E-state index in [2.05, 4.69) is 15.0 Å². The zero-order chi connectivity index (χ0) is 22.1. The molecule has 0 saturated carbocycles. The van der Waals surface area contributed by atoms with E-state index in [1.165, 1.54) is 17.2 Å². The Labute approximate surface area is 173 Å². The van der Waals surface area contributed by atoms with Gasteiger partial charge in [0.1, 0.15) is 24.2 Å². The summed E-state index contributed by atoms with van der Waals surface area (Å²) in [6.45, 7) is 4.99. The van der Waals surface area contributed by atoms with Crippen molar-refractivity contribution in [3.8, 4) is 0 Å². The molecule has 30 heavy (non-hydrogen) atoms. The van der Waals surface area contributed by atoms with Gasteiger partial charge in [0.15, 0.2) is 29.8 Å². The number of nitrogens with zero attached hydrogens (tertiary/aromatic N) is 4. The highest BCUT2D eigenvalue weighted by Crippen LogP contribution is 2.30. The van der Waals surface area contributed by atoms with Gasteiger partial charge in [-0.25, -0.2) is 15.0 Å². The second-order valence-electron chi connectivity index (χ2n) is 7.19. The first-order valence-electron chi connectivity index (χ1n) is 9.44. The van der Waals surface area contributed by atoms with Gasteiger partial charge in [0.25, 0.3) is 10.1 Å². The summed E-state index contributed by atoms with van der Waals surface area (Å²) < 4.78 is 41.4. The maximum atomic E-state index is 12.2. The van der Waals surface area contributed by atoms with Gasteiger partial charge in [-0.15, -0.1) is 0 Å². The Balaban J connectivity index is 1.61. The van der Waals surface area contributed by atoms with Crippen LogP contribution < -0.4 is 5.73 Å². The topological polar surface area (TPSA) is 169 Å². The molecule has 1 fully saturated rings. The molecule has 13 heteroatoms. The Hall–Kier alpha value is -2.19. The number of aliphatic hydroxyl groups is 1. The van der Waals surface area contributed by atoms with Crippen molar-refractivity contribution in [2.75, 3.05) is 18.1 Å². The Morgan fingerprint density at radius 1 is 1.33 bits per heavy atom. The van der Waals surface area contributed by atoms with Crippen LogP contribution in [0.5, 0.6) is 0 Å². The lowest BCUT2D eigenvalue weighted by Crippen LogP contribution is -2.29. The van der Waals surface area contributed by atoms with Gasteiger partial charge in [-0.3, -0.25) is 13.5 Å². The minimum Gasteiger partial charge on any atom is -0.382 e. The average Bonchev–Trinajstić information content (AvgIpc) is 3.28. The second-order valence-corrected chi connectivity index (χ2v) is 8.83. The summed E-state index contributed by atoms with van der Waals surface area (Å²) in [6, 6.07) is 0. The van der Waals surface area contributed by atoms with Gasteiger partial charge in [0, 0.05) is 5.92 Å². The number of nitrogens with two attached hydrogens (primary N) is 1. The summed E-state index contributed by atoms with van der Waals surface area (Å²) >= 11 is 0. The number of anilines is 1. The molecular weight excluding hydrogens is 418 g/mol. The summed E-state index contributed by atoms with van der Waals surface area (Å²) in [5.41, 5.74) is 6.38. The lowest BCUT2D eigenvalue weighted by atomic mass is 9.91. The first-order valence-corrected chi connectivity index (χ1v) is 11.0. The van der Waals surface area contributed by atoms with Crippen LogP contribution in [0.25, 0.3) is 11.2 Å². The number of carbonyl (C=O) groups is 1. The van der Waals surface area contributed by atoms with Gasteiger partial charge >= 0.3 is 0 Å². The number of hydrogen-bond acceptors (Lipinski definition) is 11. The largest absolute Gasteiger partial charge is 0.382 e. The van der Waals surface area contributed by atoms with Crippen LogP contribution in [0, 0.1) is 11.8 Å². The number of ether oxygens (including phenoxy) is 2. The zero-order valence-electron chi connectivity index (χ0n) is 16.8. The second kappa shape index (κ2) is 8.89. The van der Waals surface area contributed by atoms with E-state index in [1.54, 1.807) is 6.92 Å². The van der Waals surface area contributed by atoms with E-state index in [9.17, 15) is 18.3 Å². The molecular formula is C17H25N5O7S. The molecule has 3 N–H and O–H groups in total. The molecule has 1 aliphatic rings. The van der Waals surface area contributed by atoms with Crippen LogP contribution in [0.1, 0.15) is 33.4 Å². The molecule has 3 heterocycles. The molecule has 1 aliphatic heterocycles. The molecule has 0 amide bonds. The lowest BCUT2D eigenvalue weighted by Gasteiger charge is -2.17. The standard InChI is InChI=1S/C17H25N5O7S/c1-4-9(2)10(3)11(23)6-30(25,26)27-5-12-28-16(17(24)29-12)22-8-21-13-14(18)19-7-20-15(13)22/h7-10,12,16-17,24H,4-6H2,1-3H3,(H2,18,19,20)/t9-,10-,12+,16-,17-/m0/s1. The lowest BCUT2D eigenvalue weighted by molar-refractivity contribution is -0.128. The fourth-order valence-electron chi connectivity index (χ4n) is 2.99. The van der Waals surface area contributed by atoms with Crippen molar-refractivity contribution in [1.29, 1.82) is 0 Å². The van der Waals surface area contributed by atoms with Crippen molar-refractivity contribution in [2.45, 2.75) is 46.0 Å². The number of hydrogen-bond donors (Lipinski definition) is 2. The van der Waals surface area contributed by atoms with Crippen LogP contribution in [0.4, 0.5) is 5.82 Å². The number of aromatic nitrogens is 4. The molecule has 0 spiro atoms. The summed E-state index contributed by atoms with van der Waals surface area (Å²) in [7, 11) is -4.13. The number of nitrogen functional groups attached to an aromatic ring is 1. The third kappa shape index (κ3) is 4.75. The molecule has 3 rings (SSSR count). The molecule has 12 nitrogen and oxygen atoms in total. The van der Waals surface area contributed by atoms with Crippen LogP contribution in [-0.4, -0.2) is 63.8 Å². The Morgan fingerprint density at radius 2 is 2.07 bits per heavy atom. The quantitative estimate of drug-likeness (QED) is 0.507. The average molecular weight is 443 g/mol. The van der Waals surface area contributed by atoms with E-state index >= 15 is 0 Å². The summed E-state index contributed by atoms with van der Waals surface area (Å²) in [5, 5.41) is 10.2. The number of Topliss-reactive ketones (excluding diaryl/α,β-unsaturated/α-hetero) is 1. The zero-order valence-corrected chi connectivity index (χ0v) is 17.7. The van der Waals surface area contributed by atoms with Crippen molar-refractivity contribution in [3.05, 3.63) is 12.7 Å². The normalized spacial score (nSPS) is 24.2. The predicted molar refractivity (Wildman–Crippen MR) is 104 cm³/mol. The number of rotatable bonds is 9. The van der Waals surface area contributed by atoms with Gasteiger partial charge in [-0.1, -0.05) is 27.2 Å². The van der Waals surface area contributed by atoms with Gasteiger partial charge in [-0.05, 0) is 5.92 Å². The molecule has 1 saturated heterocycles. The Morgan fingerprint density at radius 3 is 2.77 bits per heavy atom. The summed E-state index contributed by atoms with van der Waals surface area (Å²) in [6.07, 6.45) is -0.311. The number of carbonyl (C=O) groups excluding carboxylic acids is 1. The van der Waals surface area contributed by atoms with Crippen molar-refractivity contribution in [3.63, 3.8) is 0 Å². The molecule has 0 bridgehead atoms. The number of fused-ring (bicyclic) bond motifs is 1. The van der Waals surface area contributed by atoms with Gasteiger partial charge in [0.05, 0.1) is 6.33 Å². The highest BCUT2D eigenvalue weighted by molar-refractivity contribution is 7.87. The summed E-state index contributed by atoms with van der Waals surface area (Å²) in [4.78, 5) is 24.1. The van der Waals surface area contributed by atoms with E-state index in [-0.39, 0.29) is 11.7 Å². The molecule has 2 aromatic rings. The highest BCUT2D eigenvalue weighted by Gasteiger charge is 2.38. The SMILES string of the molecule is CC[C@H](C)[C@H](C)C(=O)CS(=O)(=O)OC[C@H]1O[C@H](O)[C@@H](n2cnc3c(N)ncnc32)O1. The van der Waals surface area contributed by atoms with Gasteiger partial charge in [-0.2, -0.15) is 8.42 Å². The fraction of sp³-hybridized carbons (Fsp3) is 0.647. The van der Waals surface area contributed by atoms with Crippen molar-refractivity contribution >= 4 is 32.9 Å². The third-order valence-electron chi connectivity index (χ3n) is 5.20. The third-order valence-corrected chi connectivity index (χ3v) is 6.33. The monoisotopic (exact) mass is 443 g/mol. The number of aliphatic hydroxyl groups excluding tert-OH is 1. The first-order chi connectivity index (χ1) is 14.1. The van der Waals surface area contributed by atoms with E-state index in [0.29, 0.717) is 11.2 Å². The van der Waals surface area contributed by atoms with Crippen molar-refractivity contribution in [1.82, 2.24) is 19.5 Å². The van der Waals surface area contributed by atoms with E-state index in [0.717, 1.165) is 6.42 Å². The summed E-state index contributed by atoms with van der Waals surface area (Å²) in [5.74, 6) is -1.33. The Bertz CT molecular complexity index is 1010. The Kier molecular flexibility index (Phi) is 6.67. The minimum absolute atomic E-state index is 0.0629. The molecule has 0 unspecified atom stereocenters. The van der Waals surface area contributed by atoms with Crippen molar-refractivity contribution in [2.24, 2.45) is 11.8 Å². The molecule has 0 radical (unpaired) electrons. The van der Waals surface area contributed by atoms with E-state index < -0.39 is 53.0 Å². The molecule has 0 aromatic carbocycles. The van der Waals surface area contributed by atoms with Crippen LogP contribution >= 0.6 is 0 Å². The number of ketones is 1.